The average molecular weight is 232 g/mol. The van der Waals surface area contributed by atoms with E-state index in [4.69, 9.17) is 0 Å². The second-order valence-electron chi connectivity index (χ2n) is 3.42. The molecular formula is C12H10NO2S-. The molecule has 82 valence electrons. The summed E-state index contributed by atoms with van der Waals surface area (Å²) < 4.78 is 0. The molecule has 0 saturated heterocycles. The van der Waals surface area contributed by atoms with Gasteiger partial charge in [0.1, 0.15) is 0 Å². The highest BCUT2D eigenvalue weighted by molar-refractivity contribution is 7.15. The van der Waals surface area contributed by atoms with Crippen LogP contribution >= 0.6 is 11.3 Å². The highest BCUT2D eigenvalue weighted by Crippen LogP contribution is 2.30. The zero-order valence-electron chi connectivity index (χ0n) is 8.77. The monoisotopic (exact) mass is 232 g/mol. The van der Waals surface area contributed by atoms with Gasteiger partial charge in [-0.05, 0) is 12.5 Å². The summed E-state index contributed by atoms with van der Waals surface area (Å²) in [7, 11) is 0. The van der Waals surface area contributed by atoms with E-state index >= 15 is 0 Å². The number of aromatic nitrogens is 1. The molecular weight excluding hydrogens is 222 g/mol. The van der Waals surface area contributed by atoms with Crippen LogP contribution in [0.4, 0.5) is 0 Å². The molecule has 1 heterocycles. The topological polar surface area (TPSA) is 53.0 Å². The lowest BCUT2D eigenvalue weighted by atomic mass is 10.1. The van der Waals surface area contributed by atoms with Gasteiger partial charge in [-0.25, -0.2) is 4.98 Å². The van der Waals surface area contributed by atoms with Gasteiger partial charge < -0.3 is 9.90 Å². The number of benzene rings is 1. The Hall–Kier alpha value is -1.68. The number of thiazole rings is 1. The maximum absolute atomic E-state index is 10.6. The van der Waals surface area contributed by atoms with Gasteiger partial charge in [-0.15, -0.1) is 11.3 Å². The van der Waals surface area contributed by atoms with Crippen LogP contribution in [0.15, 0.2) is 30.3 Å². The van der Waals surface area contributed by atoms with Gasteiger partial charge in [0.25, 0.3) is 0 Å². The summed E-state index contributed by atoms with van der Waals surface area (Å²) in [4.78, 5) is 15.8. The fourth-order valence-electron chi connectivity index (χ4n) is 1.54. The van der Waals surface area contributed by atoms with Crippen LogP contribution in [0.3, 0.4) is 0 Å². The van der Waals surface area contributed by atoms with Gasteiger partial charge in [0.15, 0.2) is 0 Å². The summed E-state index contributed by atoms with van der Waals surface area (Å²) in [6.07, 6.45) is -0.130. The molecule has 1 aromatic heterocycles. The van der Waals surface area contributed by atoms with Crippen molar-refractivity contribution in [2.24, 2.45) is 0 Å². The maximum Gasteiger partial charge on any atom is 0.0904 e. The Balaban J connectivity index is 2.44. The molecule has 0 amide bonds. The predicted octanol–water partition coefficient (Wildman–Crippen LogP) is 1.41. The number of aryl methyl sites for hydroxylation is 1. The molecule has 0 aliphatic rings. The largest absolute Gasteiger partial charge is 0.550 e. The van der Waals surface area contributed by atoms with Gasteiger partial charge in [0, 0.05) is 12.4 Å². The Morgan fingerprint density at radius 3 is 2.69 bits per heavy atom. The lowest BCUT2D eigenvalue weighted by molar-refractivity contribution is -0.304. The lowest BCUT2D eigenvalue weighted by Crippen LogP contribution is -2.24. The first-order chi connectivity index (χ1) is 7.66. The van der Waals surface area contributed by atoms with Crippen LogP contribution in [-0.2, 0) is 11.2 Å². The molecule has 0 fully saturated rings. The molecule has 3 nitrogen and oxygen atoms in total. The molecule has 0 radical (unpaired) electrons. The van der Waals surface area contributed by atoms with Crippen LogP contribution in [0.1, 0.15) is 10.7 Å². The number of hydrogen-bond acceptors (Lipinski definition) is 4. The van der Waals surface area contributed by atoms with Crippen molar-refractivity contribution in [2.45, 2.75) is 13.3 Å². The summed E-state index contributed by atoms with van der Waals surface area (Å²) in [5, 5.41) is 11.5. The van der Waals surface area contributed by atoms with E-state index in [1.807, 2.05) is 37.3 Å². The number of carbonyl (C=O) groups is 1. The molecule has 0 atom stereocenters. The van der Waals surface area contributed by atoms with Crippen LogP contribution in [0.25, 0.3) is 10.4 Å². The first-order valence-electron chi connectivity index (χ1n) is 4.88. The summed E-state index contributed by atoms with van der Waals surface area (Å²) in [5.41, 5.74) is 1.60. The van der Waals surface area contributed by atoms with Crippen molar-refractivity contribution < 1.29 is 9.90 Å². The van der Waals surface area contributed by atoms with Crippen molar-refractivity contribution in [1.29, 1.82) is 0 Å². The maximum atomic E-state index is 10.6. The summed E-state index contributed by atoms with van der Waals surface area (Å²) in [5.74, 6) is -1.09. The minimum absolute atomic E-state index is 0.130. The molecule has 0 saturated carbocycles. The van der Waals surface area contributed by atoms with E-state index in [0.29, 0.717) is 5.69 Å². The first-order valence-corrected chi connectivity index (χ1v) is 5.70. The molecule has 0 bridgehead atoms. The number of hydrogen-bond donors (Lipinski definition) is 0. The van der Waals surface area contributed by atoms with Crippen LogP contribution in [0, 0.1) is 6.92 Å². The van der Waals surface area contributed by atoms with E-state index in [-0.39, 0.29) is 6.42 Å². The van der Waals surface area contributed by atoms with Crippen molar-refractivity contribution in [3.05, 3.63) is 41.0 Å². The van der Waals surface area contributed by atoms with Crippen molar-refractivity contribution in [1.82, 2.24) is 4.98 Å². The summed E-state index contributed by atoms with van der Waals surface area (Å²) >= 11 is 1.51. The number of aliphatic carboxylic acids is 1. The minimum atomic E-state index is -1.09. The van der Waals surface area contributed by atoms with E-state index < -0.39 is 5.97 Å². The van der Waals surface area contributed by atoms with E-state index in [2.05, 4.69) is 4.98 Å². The smallest absolute Gasteiger partial charge is 0.0904 e. The van der Waals surface area contributed by atoms with Crippen molar-refractivity contribution >= 4 is 17.3 Å². The number of carboxylic acid groups (broad SMARTS) is 1. The van der Waals surface area contributed by atoms with Crippen molar-refractivity contribution in [2.75, 3.05) is 0 Å². The predicted molar refractivity (Wildman–Crippen MR) is 61.0 cm³/mol. The molecule has 0 aliphatic heterocycles. The standard InChI is InChI=1S/C12H11NO2S/c1-8-13-10(7-11(14)15)12(16-8)9-5-3-2-4-6-9/h2-6H,7H2,1H3,(H,14,15)/p-1. The molecule has 2 rings (SSSR count). The third kappa shape index (κ3) is 2.28. The average Bonchev–Trinajstić information content (AvgIpc) is 2.60. The van der Waals surface area contributed by atoms with Crippen molar-refractivity contribution in [3.8, 4) is 10.4 Å². The zero-order chi connectivity index (χ0) is 11.5. The first kappa shape index (κ1) is 10.8. The van der Waals surface area contributed by atoms with Gasteiger partial charge in [0.2, 0.25) is 0 Å². The van der Waals surface area contributed by atoms with Crippen LogP contribution in [-0.4, -0.2) is 11.0 Å². The minimum Gasteiger partial charge on any atom is -0.550 e. The molecule has 0 spiro atoms. The molecule has 0 aliphatic carbocycles. The van der Waals surface area contributed by atoms with Crippen LogP contribution < -0.4 is 5.11 Å². The van der Waals surface area contributed by atoms with Gasteiger partial charge in [-0.1, -0.05) is 30.3 Å². The SMILES string of the molecule is Cc1nc(CC(=O)[O-])c(-c2ccccc2)s1. The fourth-order valence-corrected chi connectivity index (χ4v) is 2.48. The fraction of sp³-hybridized carbons (Fsp3) is 0.167. The van der Waals surface area contributed by atoms with Gasteiger partial charge in [0.05, 0.1) is 15.6 Å². The van der Waals surface area contributed by atoms with Crippen LogP contribution in [0.5, 0.6) is 0 Å². The molecule has 1 aromatic carbocycles. The van der Waals surface area contributed by atoms with Gasteiger partial charge in [-0.2, -0.15) is 0 Å². The van der Waals surface area contributed by atoms with Crippen LogP contribution in [0.2, 0.25) is 0 Å². The second kappa shape index (κ2) is 4.45. The number of carboxylic acids is 1. The Morgan fingerprint density at radius 2 is 2.06 bits per heavy atom. The van der Waals surface area contributed by atoms with Crippen molar-refractivity contribution in [3.63, 3.8) is 0 Å². The molecule has 16 heavy (non-hydrogen) atoms. The third-order valence-corrected chi connectivity index (χ3v) is 3.21. The highest BCUT2D eigenvalue weighted by atomic mass is 32.1. The third-order valence-electron chi connectivity index (χ3n) is 2.15. The Kier molecular flexibility index (Phi) is 3.01. The van der Waals surface area contributed by atoms with Gasteiger partial charge in [-0.3, -0.25) is 0 Å². The van der Waals surface area contributed by atoms with Gasteiger partial charge >= 0.3 is 0 Å². The van der Waals surface area contributed by atoms with E-state index in [1.165, 1.54) is 11.3 Å². The van der Waals surface area contributed by atoms with E-state index in [9.17, 15) is 9.90 Å². The van der Waals surface area contributed by atoms with E-state index in [1.54, 1.807) is 0 Å². The number of carbonyl (C=O) groups excluding carboxylic acids is 1. The van der Waals surface area contributed by atoms with E-state index in [0.717, 1.165) is 15.4 Å². The Bertz CT molecular complexity index is 505. The second-order valence-corrected chi connectivity index (χ2v) is 4.63. The number of nitrogens with zero attached hydrogens (tertiary/aromatic N) is 1. The summed E-state index contributed by atoms with van der Waals surface area (Å²) in [6.45, 7) is 1.87. The molecule has 0 N–H and O–H groups in total. The normalized spacial score (nSPS) is 10.3. The molecule has 4 heteroatoms. The molecule has 2 aromatic rings. The number of rotatable bonds is 3. The quantitative estimate of drug-likeness (QED) is 0.804. The molecule has 0 unspecified atom stereocenters. The zero-order valence-corrected chi connectivity index (χ0v) is 9.58. The summed E-state index contributed by atoms with van der Waals surface area (Å²) in [6, 6.07) is 9.67. The Labute approximate surface area is 97.4 Å². The Morgan fingerprint density at radius 1 is 1.38 bits per heavy atom. The lowest BCUT2D eigenvalue weighted by Gasteiger charge is -2.02. The highest BCUT2D eigenvalue weighted by Gasteiger charge is 2.10.